The smallest absolute Gasteiger partial charge is 0.257 e. The molecule has 26 heavy (non-hydrogen) atoms. The van der Waals surface area contributed by atoms with Crippen LogP contribution >= 0.6 is 0 Å². The molecule has 0 spiro atoms. The van der Waals surface area contributed by atoms with Crippen molar-refractivity contribution < 1.29 is 27.9 Å². The van der Waals surface area contributed by atoms with Crippen molar-refractivity contribution in [3.63, 3.8) is 0 Å². The number of piperazine rings is 1. The summed E-state index contributed by atoms with van der Waals surface area (Å²) >= 11 is 0. The maximum atomic E-state index is 13.8. The monoisotopic (exact) mass is 364 g/mol. The summed E-state index contributed by atoms with van der Waals surface area (Å²) in [6, 6.07) is 7.71. The van der Waals surface area contributed by atoms with Crippen molar-refractivity contribution in [2.24, 2.45) is 0 Å². The van der Waals surface area contributed by atoms with Crippen LogP contribution in [-0.4, -0.2) is 52.9 Å². The minimum atomic E-state index is -1.69. The molecule has 1 heterocycles. The average Bonchev–Trinajstić information content (AvgIpc) is 2.66. The van der Waals surface area contributed by atoms with Crippen LogP contribution in [0.25, 0.3) is 0 Å². The first-order valence-electron chi connectivity index (χ1n) is 7.90. The van der Waals surface area contributed by atoms with Crippen LogP contribution < -0.4 is 0 Å². The van der Waals surface area contributed by atoms with Crippen LogP contribution in [0.3, 0.4) is 0 Å². The summed E-state index contributed by atoms with van der Waals surface area (Å²) in [5.74, 6) is -5.87. The highest BCUT2D eigenvalue weighted by Gasteiger charge is 2.29. The van der Waals surface area contributed by atoms with E-state index in [9.17, 15) is 27.9 Å². The number of rotatable bonds is 2. The van der Waals surface area contributed by atoms with Crippen molar-refractivity contribution in [1.82, 2.24) is 9.80 Å². The molecule has 136 valence electrons. The second kappa shape index (κ2) is 7.07. The number of hydrogen-bond acceptors (Lipinski definition) is 3. The molecule has 2 aromatic carbocycles. The Balaban J connectivity index is 1.69. The highest BCUT2D eigenvalue weighted by Crippen LogP contribution is 2.20. The van der Waals surface area contributed by atoms with Crippen molar-refractivity contribution >= 4 is 11.8 Å². The molecular formula is C18H15F3N2O3. The number of hydrogen-bond donors (Lipinski definition) is 1. The van der Waals surface area contributed by atoms with Crippen molar-refractivity contribution in [2.45, 2.75) is 0 Å². The molecule has 2 amide bonds. The van der Waals surface area contributed by atoms with Gasteiger partial charge in [0.2, 0.25) is 0 Å². The Kier molecular flexibility index (Phi) is 4.83. The van der Waals surface area contributed by atoms with Gasteiger partial charge >= 0.3 is 0 Å². The number of halogens is 3. The topological polar surface area (TPSA) is 60.9 Å². The lowest BCUT2D eigenvalue weighted by Crippen LogP contribution is -2.50. The van der Waals surface area contributed by atoms with E-state index in [-0.39, 0.29) is 43.4 Å². The lowest BCUT2D eigenvalue weighted by molar-refractivity contribution is 0.0530. The standard InChI is InChI=1S/C18H15F3N2O3/c19-13-6-5-12(15(20)16(13)21)18(26)23-9-7-22(8-10-23)17(25)11-3-1-2-4-14(11)24/h1-6,24H,7-10H2. The van der Waals surface area contributed by atoms with E-state index in [1.54, 1.807) is 12.1 Å². The summed E-state index contributed by atoms with van der Waals surface area (Å²) in [5.41, 5.74) is -0.400. The molecule has 2 aromatic rings. The van der Waals surface area contributed by atoms with E-state index in [4.69, 9.17) is 0 Å². The number of para-hydroxylation sites is 1. The maximum Gasteiger partial charge on any atom is 0.257 e. The van der Waals surface area contributed by atoms with E-state index in [0.717, 1.165) is 6.07 Å². The minimum Gasteiger partial charge on any atom is -0.507 e. The second-order valence-corrected chi connectivity index (χ2v) is 5.82. The summed E-state index contributed by atoms with van der Waals surface area (Å²) in [6.45, 7) is 0.557. The van der Waals surface area contributed by atoms with Gasteiger partial charge in [-0.2, -0.15) is 0 Å². The van der Waals surface area contributed by atoms with Crippen LogP contribution in [0.2, 0.25) is 0 Å². The van der Waals surface area contributed by atoms with Crippen molar-refractivity contribution in [3.8, 4) is 5.75 Å². The molecule has 0 aliphatic carbocycles. The Morgan fingerprint density at radius 2 is 1.31 bits per heavy atom. The molecule has 1 saturated heterocycles. The first-order chi connectivity index (χ1) is 12.4. The lowest BCUT2D eigenvalue weighted by atomic mass is 10.1. The third-order valence-corrected chi connectivity index (χ3v) is 4.25. The predicted molar refractivity (Wildman–Crippen MR) is 86.2 cm³/mol. The Bertz CT molecular complexity index is 865. The fourth-order valence-electron chi connectivity index (χ4n) is 2.80. The van der Waals surface area contributed by atoms with Gasteiger partial charge in [0.25, 0.3) is 11.8 Å². The number of amides is 2. The number of phenols is 1. The fourth-order valence-corrected chi connectivity index (χ4v) is 2.80. The number of carbonyl (C=O) groups is 2. The molecule has 1 aliphatic heterocycles. The quantitative estimate of drug-likeness (QED) is 0.833. The summed E-state index contributed by atoms with van der Waals surface area (Å²) in [5, 5.41) is 9.76. The van der Waals surface area contributed by atoms with Gasteiger partial charge in [-0.25, -0.2) is 13.2 Å². The van der Waals surface area contributed by atoms with Gasteiger partial charge in [-0.05, 0) is 24.3 Å². The molecule has 8 heteroatoms. The van der Waals surface area contributed by atoms with Crippen LogP contribution in [0.1, 0.15) is 20.7 Å². The maximum absolute atomic E-state index is 13.8. The lowest BCUT2D eigenvalue weighted by Gasteiger charge is -2.35. The first-order valence-corrected chi connectivity index (χ1v) is 7.90. The molecule has 1 N–H and O–H groups in total. The van der Waals surface area contributed by atoms with Gasteiger partial charge in [-0.1, -0.05) is 12.1 Å². The molecule has 0 saturated carbocycles. The molecule has 0 unspecified atom stereocenters. The van der Waals surface area contributed by atoms with E-state index >= 15 is 0 Å². The zero-order valence-electron chi connectivity index (χ0n) is 13.6. The second-order valence-electron chi connectivity index (χ2n) is 5.82. The number of benzene rings is 2. The minimum absolute atomic E-state index is 0.108. The highest BCUT2D eigenvalue weighted by molar-refractivity contribution is 5.97. The van der Waals surface area contributed by atoms with Crippen LogP contribution in [0.4, 0.5) is 13.2 Å². The number of carbonyl (C=O) groups excluding carboxylic acids is 2. The third kappa shape index (κ3) is 3.22. The van der Waals surface area contributed by atoms with E-state index in [0.29, 0.717) is 6.07 Å². The fraction of sp³-hybridized carbons (Fsp3) is 0.222. The molecule has 1 aliphatic rings. The average molecular weight is 364 g/mol. The van der Waals surface area contributed by atoms with Gasteiger partial charge in [-0.3, -0.25) is 9.59 Å². The van der Waals surface area contributed by atoms with Gasteiger partial charge in [0.1, 0.15) is 5.75 Å². The van der Waals surface area contributed by atoms with Crippen LogP contribution in [0, 0.1) is 17.5 Å². The number of phenolic OH excluding ortho intramolecular Hbond substituents is 1. The summed E-state index contributed by atoms with van der Waals surface area (Å²) in [7, 11) is 0. The molecule has 0 radical (unpaired) electrons. The highest BCUT2D eigenvalue weighted by atomic mass is 19.2. The van der Waals surface area contributed by atoms with Gasteiger partial charge in [0.15, 0.2) is 17.5 Å². The van der Waals surface area contributed by atoms with E-state index in [1.807, 2.05) is 0 Å². The van der Waals surface area contributed by atoms with Crippen molar-refractivity contribution in [3.05, 3.63) is 65.0 Å². The summed E-state index contributed by atoms with van der Waals surface area (Å²) < 4.78 is 40.1. The van der Waals surface area contributed by atoms with Gasteiger partial charge in [-0.15, -0.1) is 0 Å². The molecule has 3 rings (SSSR count). The van der Waals surface area contributed by atoms with E-state index < -0.39 is 28.9 Å². The Hall–Kier alpha value is -3.03. The Morgan fingerprint density at radius 1 is 0.769 bits per heavy atom. The van der Waals surface area contributed by atoms with Gasteiger partial charge in [0.05, 0.1) is 11.1 Å². The summed E-state index contributed by atoms with van der Waals surface area (Å²) in [4.78, 5) is 27.5. The van der Waals surface area contributed by atoms with Crippen LogP contribution in [-0.2, 0) is 0 Å². The molecule has 0 bridgehead atoms. The summed E-state index contributed by atoms with van der Waals surface area (Å²) in [6.07, 6.45) is 0. The normalized spacial score (nSPS) is 14.4. The molecular weight excluding hydrogens is 349 g/mol. The van der Waals surface area contributed by atoms with Crippen LogP contribution in [0.15, 0.2) is 36.4 Å². The third-order valence-electron chi connectivity index (χ3n) is 4.25. The number of nitrogens with zero attached hydrogens (tertiary/aromatic N) is 2. The predicted octanol–water partition coefficient (Wildman–Crippen LogP) is 2.41. The van der Waals surface area contributed by atoms with E-state index in [2.05, 4.69) is 0 Å². The largest absolute Gasteiger partial charge is 0.507 e. The van der Waals surface area contributed by atoms with Gasteiger partial charge < -0.3 is 14.9 Å². The molecule has 5 nitrogen and oxygen atoms in total. The van der Waals surface area contributed by atoms with Crippen molar-refractivity contribution in [1.29, 1.82) is 0 Å². The first kappa shape index (κ1) is 17.8. The van der Waals surface area contributed by atoms with Crippen LogP contribution in [0.5, 0.6) is 5.75 Å². The molecule has 0 atom stereocenters. The van der Waals surface area contributed by atoms with Crippen molar-refractivity contribution in [2.75, 3.05) is 26.2 Å². The molecule has 0 aromatic heterocycles. The zero-order valence-corrected chi connectivity index (χ0v) is 13.6. The Morgan fingerprint density at radius 3 is 1.88 bits per heavy atom. The number of aromatic hydroxyl groups is 1. The SMILES string of the molecule is O=C(c1ccccc1O)N1CCN(C(=O)c2ccc(F)c(F)c2F)CC1. The Labute approximate surface area is 147 Å². The zero-order chi connectivity index (χ0) is 18.8. The van der Waals surface area contributed by atoms with E-state index in [1.165, 1.54) is 21.9 Å². The molecule has 1 fully saturated rings. The van der Waals surface area contributed by atoms with Gasteiger partial charge in [0, 0.05) is 26.2 Å².